The first kappa shape index (κ1) is 15.9. The van der Waals surface area contributed by atoms with E-state index in [-0.39, 0.29) is 12.7 Å². The van der Waals surface area contributed by atoms with Gasteiger partial charge in [0.05, 0.1) is 7.11 Å². The molecule has 5 nitrogen and oxygen atoms in total. The monoisotopic (exact) mass is 325 g/mol. The summed E-state index contributed by atoms with van der Waals surface area (Å²) in [4.78, 5) is 11.9. The van der Waals surface area contributed by atoms with Gasteiger partial charge in [-0.25, -0.2) is 0 Å². The van der Waals surface area contributed by atoms with Crippen LogP contribution in [0.2, 0.25) is 0 Å². The van der Waals surface area contributed by atoms with Crippen molar-refractivity contribution in [1.29, 1.82) is 0 Å². The fourth-order valence-corrected chi connectivity index (χ4v) is 2.46. The normalized spacial score (nSPS) is 12.4. The minimum absolute atomic E-state index is 0.137. The van der Waals surface area contributed by atoms with Crippen molar-refractivity contribution < 1.29 is 19.0 Å². The lowest BCUT2D eigenvalue weighted by Crippen LogP contribution is -2.23. The standard InChI is InChI=1S/C19H19NO4/c1-22-16-5-3-2-4-15(16)7-9-19(21)20-11-10-14-6-8-17-18(12-14)24-13-23-17/h2-9,12H,10-11,13H2,1H3,(H,20,21). The number of hydrogen-bond donors (Lipinski definition) is 1. The number of para-hydroxylation sites is 1. The van der Waals surface area contributed by atoms with E-state index in [2.05, 4.69) is 5.32 Å². The van der Waals surface area contributed by atoms with Crippen molar-refractivity contribution in [3.05, 3.63) is 59.7 Å². The van der Waals surface area contributed by atoms with Crippen molar-refractivity contribution in [2.75, 3.05) is 20.4 Å². The Kier molecular flexibility index (Phi) is 5.01. The predicted molar refractivity (Wildman–Crippen MR) is 91.3 cm³/mol. The molecule has 0 atom stereocenters. The number of carbonyl (C=O) groups is 1. The quantitative estimate of drug-likeness (QED) is 0.830. The number of methoxy groups -OCH3 is 1. The number of amides is 1. The molecule has 124 valence electrons. The van der Waals surface area contributed by atoms with Crippen molar-refractivity contribution in [2.24, 2.45) is 0 Å². The zero-order valence-electron chi connectivity index (χ0n) is 13.5. The highest BCUT2D eigenvalue weighted by Crippen LogP contribution is 2.32. The lowest BCUT2D eigenvalue weighted by molar-refractivity contribution is -0.116. The van der Waals surface area contributed by atoms with Crippen LogP contribution in [0.15, 0.2) is 48.5 Å². The smallest absolute Gasteiger partial charge is 0.244 e. The Hall–Kier alpha value is -2.95. The van der Waals surface area contributed by atoms with Crippen LogP contribution in [-0.4, -0.2) is 26.4 Å². The largest absolute Gasteiger partial charge is 0.496 e. The molecule has 2 aromatic rings. The number of nitrogens with one attached hydrogen (secondary N) is 1. The summed E-state index contributed by atoms with van der Waals surface area (Å²) >= 11 is 0. The van der Waals surface area contributed by atoms with Crippen LogP contribution < -0.4 is 19.5 Å². The van der Waals surface area contributed by atoms with Crippen LogP contribution in [0.1, 0.15) is 11.1 Å². The minimum Gasteiger partial charge on any atom is -0.496 e. The number of carbonyl (C=O) groups excluding carboxylic acids is 1. The minimum atomic E-state index is -0.137. The molecular weight excluding hydrogens is 306 g/mol. The molecule has 1 aliphatic heterocycles. The molecule has 24 heavy (non-hydrogen) atoms. The van der Waals surface area contributed by atoms with Crippen molar-refractivity contribution in [3.8, 4) is 17.2 Å². The van der Waals surface area contributed by atoms with Crippen LogP contribution in [0.4, 0.5) is 0 Å². The van der Waals surface area contributed by atoms with Gasteiger partial charge in [0, 0.05) is 18.2 Å². The Labute approximate surface area is 140 Å². The topological polar surface area (TPSA) is 56.8 Å². The van der Waals surface area contributed by atoms with E-state index in [0.717, 1.165) is 34.8 Å². The Morgan fingerprint density at radius 1 is 1.21 bits per heavy atom. The Morgan fingerprint density at radius 3 is 2.92 bits per heavy atom. The van der Waals surface area contributed by atoms with Crippen LogP contribution in [0.25, 0.3) is 6.08 Å². The van der Waals surface area contributed by atoms with Gasteiger partial charge in [0.2, 0.25) is 12.7 Å². The van der Waals surface area contributed by atoms with E-state index in [1.807, 2.05) is 42.5 Å². The molecule has 1 N–H and O–H groups in total. The maximum Gasteiger partial charge on any atom is 0.244 e. The molecule has 0 fully saturated rings. The van der Waals surface area contributed by atoms with Gasteiger partial charge >= 0.3 is 0 Å². The molecule has 0 aromatic heterocycles. The molecule has 1 aliphatic rings. The van der Waals surface area contributed by atoms with Crippen LogP contribution in [0, 0.1) is 0 Å². The molecule has 0 spiro atoms. The number of fused-ring (bicyclic) bond motifs is 1. The molecule has 1 amide bonds. The fraction of sp³-hybridized carbons (Fsp3) is 0.211. The molecule has 3 rings (SSSR count). The van der Waals surface area contributed by atoms with E-state index in [0.29, 0.717) is 6.54 Å². The van der Waals surface area contributed by atoms with Gasteiger partial charge in [-0.05, 0) is 36.3 Å². The summed E-state index contributed by atoms with van der Waals surface area (Å²) in [6.07, 6.45) is 3.98. The summed E-state index contributed by atoms with van der Waals surface area (Å²) in [5.41, 5.74) is 1.96. The third-order valence-corrected chi connectivity index (χ3v) is 3.70. The maximum atomic E-state index is 11.9. The number of rotatable bonds is 6. The van der Waals surface area contributed by atoms with Crippen molar-refractivity contribution in [3.63, 3.8) is 0 Å². The second-order valence-electron chi connectivity index (χ2n) is 5.30. The zero-order chi connectivity index (χ0) is 16.8. The second-order valence-corrected chi connectivity index (χ2v) is 5.30. The zero-order valence-corrected chi connectivity index (χ0v) is 13.5. The van der Waals surface area contributed by atoms with Gasteiger partial charge in [0.25, 0.3) is 0 Å². The van der Waals surface area contributed by atoms with E-state index >= 15 is 0 Å². The summed E-state index contributed by atoms with van der Waals surface area (Å²) in [6, 6.07) is 13.4. The Morgan fingerprint density at radius 2 is 2.04 bits per heavy atom. The number of benzene rings is 2. The van der Waals surface area contributed by atoms with Gasteiger partial charge in [-0.15, -0.1) is 0 Å². The summed E-state index contributed by atoms with van der Waals surface area (Å²) < 4.78 is 15.9. The first-order valence-corrected chi connectivity index (χ1v) is 7.74. The SMILES string of the molecule is COc1ccccc1C=CC(=O)NCCc1ccc2c(c1)OCO2. The third-order valence-electron chi connectivity index (χ3n) is 3.70. The Balaban J connectivity index is 1.50. The molecule has 5 heteroatoms. The van der Waals surface area contributed by atoms with Gasteiger partial charge in [-0.3, -0.25) is 4.79 Å². The molecule has 0 unspecified atom stereocenters. The van der Waals surface area contributed by atoms with Crippen LogP contribution >= 0.6 is 0 Å². The molecule has 0 bridgehead atoms. The van der Waals surface area contributed by atoms with E-state index in [4.69, 9.17) is 14.2 Å². The molecule has 0 radical (unpaired) electrons. The van der Waals surface area contributed by atoms with E-state index in [1.165, 1.54) is 6.08 Å². The summed E-state index contributed by atoms with van der Waals surface area (Å²) in [6.45, 7) is 0.817. The second kappa shape index (κ2) is 7.55. The van der Waals surface area contributed by atoms with Crippen LogP contribution in [0.5, 0.6) is 17.2 Å². The lowest BCUT2D eigenvalue weighted by Gasteiger charge is -2.05. The summed E-state index contributed by atoms with van der Waals surface area (Å²) in [5, 5.41) is 2.87. The van der Waals surface area contributed by atoms with Gasteiger partial charge < -0.3 is 19.5 Å². The summed E-state index contributed by atoms with van der Waals surface area (Å²) in [5.74, 6) is 2.13. The van der Waals surface area contributed by atoms with Gasteiger partial charge in [0.1, 0.15) is 5.75 Å². The maximum absolute atomic E-state index is 11.9. The van der Waals surface area contributed by atoms with Gasteiger partial charge in [0.15, 0.2) is 11.5 Å². The highest BCUT2D eigenvalue weighted by Gasteiger charge is 2.12. The molecule has 1 heterocycles. The lowest BCUT2D eigenvalue weighted by atomic mass is 10.1. The predicted octanol–water partition coefficient (Wildman–Crippen LogP) is 2.80. The molecular formula is C19H19NO4. The number of hydrogen-bond acceptors (Lipinski definition) is 4. The molecule has 2 aromatic carbocycles. The average Bonchev–Trinajstić information content (AvgIpc) is 3.08. The number of ether oxygens (including phenoxy) is 3. The van der Waals surface area contributed by atoms with Gasteiger partial charge in [-0.1, -0.05) is 24.3 Å². The van der Waals surface area contributed by atoms with E-state index in [9.17, 15) is 4.79 Å². The van der Waals surface area contributed by atoms with Crippen molar-refractivity contribution in [2.45, 2.75) is 6.42 Å². The third kappa shape index (κ3) is 3.87. The Bertz CT molecular complexity index is 755. The van der Waals surface area contributed by atoms with Crippen molar-refractivity contribution >= 4 is 12.0 Å². The highest BCUT2D eigenvalue weighted by atomic mass is 16.7. The first-order chi connectivity index (χ1) is 11.8. The van der Waals surface area contributed by atoms with Gasteiger partial charge in [-0.2, -0.15) is 0 Å². The fourth-order valence-electron chi connectivity index (χ4n) is 2.46. The summed E-state index contributed by atoms with van der Waals surface area (Å²) in [7, 11) is 1.61. The highest BCUT2D eigenvalue weighted by molar-refractivity contribution is 5.92. The van der Waals surface area contributed by atoms with E-state index < -0.39 is 0 Å². The molecule has 0 saturated heterocycles. The van der Waals surface area contributed by atoms with Crippen LogP contribution in [-0.2, 0) is 11.2 Å². The van der Waals surface area contributed by atoms with E-state index in [1.54, 1.807) is 13.2 Å². The molecule has 0 aliphatic carbocycles. The van der Waals surface area contributed by atoms with Crippen LogP contribution in [0.3, 0.4) is 0 Å². The molecule has 0 saturated carbocycles. The van der Waals surface area contributed by atoms with Crippen molar-refractivity contribution in [1.82, 2.24) is 5.32 Å². The average molecular weight is 325 g/mol. The first-order valence-electron chi connectivity index (χ1n) is 7.74.